The van der Waals surface area contributed by atoms with Crippen LogP contribution >= 0.6 is 0 Å². The highest BCUT2D eigenvalue weighted by molar-refractivity contribution is 5.94. The van der Waals surface area contributed by atoms with Crippen LogP contribution < -0.4 is 0 Å². The van der Waals surface area contributed by atoms with Crippen LogP contribution in [0.2, 0.25) is 0 Å². The average Bonchev–Trinajstić information content (AvgIpc) is 2.75. The Labute approximate surface area is 106 Å². The molecule has 2 aromatic rings. The molecule has 18 heavy (non-hydrogen) atoms. The zero-order valence-corrected chi connectivity index (χ0v) is 10.8. The quantitative estimate of drug-likeness (QED) is 0.833. The van der Waals surface area contributed by atoms with Crippen LogP contribution in [-0.4, -0.2) is 23.0 Å². The third kappa shape index (κ3) is 2.77. The summed E-state index contributed by atoms with van der Waals surface area (Å²) in [5.74, 6) is 0.666. The number of carbonyl (C=O) groups is 1. The molecule has 0 bridgehead atoms. The standard InChI is InChI=1S/C14H16N2O2/c1-10-4-6-12(7-5-10)14(17)16(3)9-13-8-11(2)15-18-13/h4-8H,9H2,1-3H3. The minimum Gasteiger partial charge on any atom is -0.359 e. The highest BCUT2D eigenvalue weighted by Crippen LogP contribution is 2.10. The van der Waals surface area contributed by atoms with Gasteiger partial charge >= 0.3 is 0 Å². The lowest BCUT2D eigenvalue weighted by Crippen LogP contribution is -2.25. The largest absolute Gasteiger partial charge is 0.359 e. The van der Waals surface area contributed by atoms with Gasteiger partial charge < -0.3 is 9.42 Å². The first-order valence-electron chi connectivity index (χ1n) is 5.80. The maximum Gasteiger partial charge on any atom is 0.254 e. The van der Waals surface area contributed by atoms with Crippen LogP contribution in [0.1, 0.15) is 27.4 Å². The molecule has 0 spiro atoms. The lowest BCUT2D eigenvalue weighted by molar-refractivity contribution is 0.0772. The van der Waals surface area contributed by atoms with E-state index in [1.54, 1.807) is 11.9 Å². The molecule has 0 atom stereocenters. The van der Waals surface area contributed by atoms with Crippen LogP contribution in [0, 0.1) is 13.8 Å². The average molecular weight is 244 g/mol. The molecule has 0 aliphatic heterocycles. The van der Waals surface area contributed by atoms with E-state index in [1.807, 2.05) is 44.2 Å². The molecule has 0 unspecified atom stereocenters. The Morgan fingerprint density at radius 1 is 1.28 bits per heavy atom. The first-order chi connectivity index (χ1) is 8.56. The van der Waals surface area contributed by atoms with Crippen LogP contribution in [0.4, 0.5) is 0 Å². The van der Waals surface area contributed by atoms with Crippen LogP contribution in [-0.2, 0) is 6.54 Å². The number of benzene rings is 1. The van der Waals surface area contributed by atoms with E-state index in [-0.39, 0.29) is 5.91 Å². The van der Waals surface area contributed by atoms with Crippen molar-refractivity contribution < 1.29 is 9.32 Å². The summed E-state index contributed by atoms with van der Waals surface area (Å²) in [6.45, 7) is 4.28. The molecule has 4 nitrogen and oxygen atoms in total. The van der Waals surface area contributed by atoms with Crippen LogP contribution in [0.5, 0.6) is 0 Å². The summed E-state index contributed by atoms with van der Waals surface area (Å²) in [6, 6.07) is 9.36. The van der Waals surface area contributed by atoms with E-state index < -0.39 is 0 Å². The second-order valence-electron chi connectivity index (χ2n) is 4.46. The van der Waals surface area contributed by atoms with Gasteiger partial charge in [-0.1, -0.05) is 22.9 Å². The molecule has 0 N–H and O–H groups in total. The predicted molar refractivity (Wildman–Crippen MR) is 68.2 cm³/mol. The third-order valence-corrected chi connectivity index (χ3v) is 2.71. The molecule has 1 amide bonds. The summed E-state index contributed by atoms with van der Waals surface area (Å²) in [5.41, 5.74) is 2.64. The molecule has 1 aromatic heterocycles. The van der Waals surface area contributed by atoms with Gasteiger partial charge in [-0.2, -0.15) is 0 Å². The van der Waals surface area contributed by atoms with Crippen molar-refractivity contribution in [3.8, 4) is 0 Å². The Balaban J connectivity index is 2.07. The highest BCUT2D eigenvalue weighted by atomic mass is 16.5. The van der Waals surface area contributed by atoms with Gasteiger partial charge in [-0.3, -0.25) is 4.79 Å². The Morgan fingerprint density at radius 2 is 1.94 bits per heavy atom. The molecule has 0 saturated carbocycles. The molecule has 2 rings (SSSR count). The normalized spacial score (nSPS) is 10.4. The minimum atomic E-state index is -0.0240. The van der Waals surface area contributed by atoms with E-state index in [0.29, 0.717) is 17.9 Å². The number of nitrogens with zero attached hydrogens (tertiary/aromatic N) is 2. The van der Waals surface area contributed by atoms with Crippen molar-refractivity contribution in [2.45, 2.75) is 20.4 Å². The molecule has 94 valence electrons. The zero-order valence-electron chi connectivity index (χ0n) is 10.8. The molecule has 4 heteroatoms. The summed E-state index contributed by atoms with van der Waals surface area (Å²) in [5, 5.41) is 3.80. The smallest absolute Gasteiger partial charge is 0.254 e. The Bertz CT molecular complexity index is 543. The first kappa shape index (κ1) is 12.4. The molecule has 0 aliphatic carbocycles. The van der Waals surface area contributed by atoms with Gasteiger partial charge in [0.1, 0.15) is 0 Å². The second-order valence-corrected chi connectivity index (χ2v) is 4.46. The lowest BCUT2D eigenvalue weighted by atomic mass is 10.1. The molecular formula is C14H16N2O2. The number of amides is 1. The number of rotatable bonds is 3. The van der Waals surface area contributed by atoms with E-state index >= 15 is 0 Å². The number of aryl methyl sites for hydroxylation is 2. The van der Waals surface area contributed by atoms with Crippen molar-refractivity contribution in [2.75, 3.05) is 7.05 Å². The summed E-state index contributed by atoms with van der Waals surface area (Å²) >= 11 is 0. The van der Waals surface area contributed by atoms with Gasteiger partial charge in [-0.15, -0.1) is 0 Å². The van der Waals surface area contributed by atoms with E-state index in [4.69, 9.17) is 4.52 Å². The summed E-state index contributed by atoms with van der Waals surface area (Å²) in [4.78, 5) is 13.7. The number of carbonyl (C=O) groups excluding carboxylic acids is 1. The predicted octanol–water partition coefficient (Wildman–Crippen LogP) is 2.56. The maximum absolute atomic E-state index is 12.1. The van der Waals surface area contributed by atoms with E-state index in [1.165, 1.54) is 0 Å². The fourth-order valence-corrected chi connectivity index (χ4v) is 1.71. The Morgan fingerprint density at radius 3 is 2.50 bits per heavy atom. The summed E-state index contributed by atoms with van der Waals surface area (Å²) in [7, 11) is 1.75. The second kappa shape index (κ2) is 5.04. The Hall–Kier alpha value is -2.10. The molecule has 0 aliphatic rings. The molecule has 0 fully saturated rings. The monoisotopic (exact) mass is 244 g/mol. The van der Waals surface area contributed by atoms with Crippen molar-refractivity contribution in [1.29, 1.82) is 0 Å². The molecular weight excluding hydrogens is 228 g/mol. The summed E-state index contributed by atoms with van der Waals surface area (Å²) in [6.07, 6.45) is 0. The van der Waals surface area contributed by atoms with Crippen molar-refractivity contribution in [3.05, 3.63) is 52.9 Å². The molecule has 1 heterocycles. The highest BCUT2D eigenvalue weighted by Gasteiger charge is 2.13. The first-order valence-corrected chi connectivity index (χ1v) is 5.80. The molecule has 0 saturated heterocycles. The van der Waals surface area contributed by atoms with Crippen LogP contribution in [0.15, 0.2) is 34.9 Å². The molecule has 0 radical (unpaired) electrons. The van der Waals surface area contributed by atoms with Gasteiger partial charge in [-0.05, 0) is 26.0 Å². The number of aromatic nitrogens is 1. The Kier molecular flexibility index (Phi) is 3.46. The van der Waals surface area contributed by atoms with Crippen molar-refractivity contribution in [3.63, 3.8) is 0 Å². The van der Waals surface area contributed by atoms with Gasteiger partial charge in [0, 0.05) is 18.7 Å². The fourth-order valence-electron chi connectivity index (χ4n) is 1.71. The van der Waals surface area contributed by atoms with Crippen molar-refractivity contribution >= 4 is 5.91 Å². The van der Waals surface area contributed by atoms with Gasteiger partial charge in [0.2, 0.25) is 0 Å². The van der Waals surface area contributed by atoms with Crippen LogP contribution in [0.25, 0.3) is 0 Å². The van der Waals surface area contributed by atoms with E-state index in [2.05, 4.69) is 5.16 Å². The number of hydrogen-bond donors (Lipinski definition) is 0. The van der Waals surface area contributed by atoms with Gasteiger partial charge in [0.05, 0.1) is 12.2 Å². The van der Waals surface area contributed by atoms with Gasteiger partial charge in [0.25, 0.3) is 5.91 Å². The zero-order chi connectivity index (χ0) is 13.1. The molecule has 1 aromatic carbocycles. The third-order valence-electron chi connectivity index (χ3n) is 2.71. The van der Waals surface area contributed by atoms with E-state index in [0.717, 1.165) is 11.3 Å². The SMILES string of the molecule is Cc1ccc(C(=O)N(C)Cc2cc(C)no2)cc1. The number of hydrogen-bond acceptors (Lipinski definition) is 3. The minimum absolute atomic E-state index is 0.0240. The van der Waals surface area contributed by atoms with Crippen LogP contribution in [0.3, 0.4) is 0 Å². The fraction of sp³-hybridized carbons (Fsp3) is 0.286. The van der Waals surface area contributed by atoms with E-state index in [9.17, 15) is 4.79 Å². The van der Waals surface area contributed by atoms with Gasteiger partial charge in [-0.25, -0.2) is 0 Å². The van der Waals surface area contributed by atoms with Crippen molar-refractivity contribution in [1.82, 2.24) is 10.1 Å². The maximum atomic E-state index is 12.1. The lowest BCUT2D eigenvalue weighted by Gasteiger charge is -2.15. The summed E-state index contributed by atoms with van der Waals surface area (Å²) < 4.78 is 5.10. The topological polar surface area (TPSA) is 46.3 Å². The van der Waals surface area contributed by atoms with Crippen molar-refractivity contribution in [2.24, 2.45) is 0 Å². The van der Waals surface area contributed by atoms with Gasteiger partial charge in [0.15, 0.2) is 5.76 Å².